The molecular formula is C28H18Cl2N2O4. The van der Waals surface area contributed by atoms with Crippen LogP contribution in [-0.4, -0.2) is 17.0 Å². The molecule has 0 aromatic heterocycles. The number of hydrogen-bond donors (Lipinski definition) is 2. The lowest BCUT2D eigenvalue weighted by Gasteiger charge is -2.14. The van der Waals surface area contributed by atoms with Crippen molar-refractivity contribution in [2.75, 3.05) is 5.32 Å². The number of hydrogen-bond acceptors (Lipinski definition) is 4. The second kappa shape index (κ2) is 11.0. The Morgan fingerprint density at radius 1 is 1.00 bits per heavy atom. The molecule has 0 bridgehead atoms. The van der Waals surface area contributed by atoms with Crippen LogP contribution in [0.2, 0.25) is 10.0 Å². The Morgan fingerprint density at radius 3 is 2.56 bits per heavy atom. The van der Waals surface area contributed by atoms with Gasteiger partial charge in [-0.2, -0.15) is 5.26 Å². The van der Waals surface area contributed by atoms with E-state index in [2.05, 4.69) is 5.32 Å². The normalized spacial score (nSPS) is 11.1. The van der Waals surface area contributed by atoms with Crippen molar-refractivity contribution in [2.24, 2.45) is 0 Å². The minimum atomic E-state index is -1.12. The van der Waals surface area contributed by atoms with Gasteiger partial charge in [-0.05, 0) is 53.2 Å². The van der Waals surface area contributed by atoms with Crippen LogP contribution in [-0.2, 0) is 11.4 Å². The van der Waals surface area contributed by atoms with E-state index >= 15 is 0 Å². The molecule has 0 saturated heterocycles. The predicted molar refractivity (Wildman–Crippen MR) is 140 cm³/mol. The van der Waals surface area contributed by atoms with Gasteiger partial charge in [-0.1, -0.05) is 65.7 Å². The molecule has 178 valence electrons. The van der Waals surface area contributed by atoms with E-state index in [4.69, 9.17) is 27.9 Å². The fourth-order valence-electron chi connectivity index (χ4n) is 3.57. The largest absolute Gasteiger partial charge is 0.488 e. The first-order valence-electron chi connectivity index (χ1n) is 10.7. The molecule has 4 aromatic carbocycles. The van der Waals surface area contributed by atoms with Gasteiger partial charge < -0.3 is 15.2 Å². The molecule has 1 amide bonds. The summed E-state index contributed by atoms with van der Waals surface area (Å²) in [6.45, 7) is 0.144. The fraction of sp³-hybridized carbons (Fsp3) is 0.0357. The molecule has 4 aromatic rings. The molecule has 0 atom stereocenters. The molecule has 0 fully saturated rings. The summed E-state index contributed by atoms with van der Waals surface area (Å²) in [5, 5.41) is 24.2. The summed E-state index contributed by atoms with van der Waals surface area (Å²) in [7, 11) is 0. The lowest BCUT2D eigenvalue weighted by Crippen LogP contribution is -2.14. The van der Waals surface area contributed by atoms with Gasteiger partial charge in [0.1, 0.15) is 24.0 Å². The number of carboxylic acids is 1. The number of aromatic carboxylic acids is 1. The van der Waals surface area contributed by atoms with E-state index in [9.17, 15) is 20.0 Å². The monoisotopic (exact) mass is 516 g/mol. The minimum Gasteiger partial charge on any atom is -0.488 e. The summed E-state index contributed by atoms with van der Waals surface area (Å²) in [5.41, 5.74) is 1.36. The second-order valence-corrected chi connectivity index (χ2v) is 8.58. The van der Waals surface area contributed by atoms with E-state index < -0.39 is 11.9 Å². The van der Waals surface area contributed by atoms with E-state index in [1.807, 2.05) is 36.4 Å². The molecule has 0 saturated carbocycles. The maximum absolute atomic E-state index is 12.9. The molecule has 36 heavy (non-hydrogen) atoms. The fourth-order valence-corrected chi connectivity index (χ4v) is 4.03. The van der Waals surface area contributed by atoms with Crippen LogP contribution >= 0.6 is 23.2 Å². The number of nitriles is 1. The summed E-state index contributed by atoms with van der Waals surface area (Å²) in [6.07, 6.45) is 1.46. The SMILES string of the molecule is N#C/C(=C/c1c(OCc2ccc(Cl)cc2Cl)ccc2ccccc12)C(=O)Nc1cccc(C(=O)O)c1. The quantitative estimate of drug-likeness (QED) is 0.204. The molecule has 4 rings (SSSR count). The zero-order valence-corrected chi connectivity index (χ0v) is 20.2. The zero-order valence-electron chi connectivity index (χ0n) is 18.7. The van der Waals surface area contributed by atoms with Crippen LogP contribution in [0.25, 0.3) is 16.8 Å². The first-order valence-corrected chi connectivity index (χ1v) is 11.5. The van der Waals surface area contributed by atoms with Crippen molar-refractivity contribution in [2.45, 2.75) is 6.61 Å². The minimum absolute atomic E-state index is 0.0147. The third kappa shape index (κ3) is 5.66. The van der Waals surface area contributed by atoms with Crippen LogP contribution in [0, 0.1) is 11.3 Å². The Morgan fingerprint density at radius 2 is 1.81 bits per heavy atom. The topological polar surface area (TPSA) is 99.4 Å². The number of nitrogens with one attached hydrogen (secondary N) is 1. The van der Waals surface area contributed by atoms with Crippen molar-refractivity contribution in [3.8, 4) is 11.8 Å². The molecule has 8 heteroatoms. The van der Waals surface area contributed by atoms with E-state index in [1.165, 1.54) is 24.3 Å². The van der Waals surface area contributed by atoms with E-state index in [0.717, 1.165) is 16.3 Å². The molecule has 0 aliphatic rings. The number of carbonyl (C=O) groups is 2. The number of halogens is 2. The number of nitrogens with zero attached hydrogens (tertiary/aromatic N) is 1. The van der Waals surface area contributed by atoms with Gasteiger partial charge in [-0.3, -0.25) is 4.79 Å². The summed E-state index contributed by atoms with van der Waals surface area (Å²) < 4.78 is 6.06. The average molecular weight is 517 g/mol. The molecule has 0 aliphatic carbocycles. The zero-order chi connectivity index (χ0) is 25.7. The van der Waals surface area contributed by atoms with Crippen molar-refractivity contribution >= 4 is 57.6 Å². The molecule has 0 unspecified atom stereocenters. The maximum atomic E-state index is 12.9. The van der Waals surface area contributed by atoms with E-state index in [-0.39, 0.29) is 23.4 Å². The number of fused-ring (bicyclic) bond motifs is 1. The smallest absolute Gasteiger partial charge is 0.335 e. The number of amides is 1. The average Bonchev–Trinajstić information content (AvgIpc) is 2.87. The lowest BCUT2D eigenvalue weighted by molar-refractivity contribution is -0.112. The van der Waals surface area contributed by atoms with Crippen molar-refractivity contribution in [3.63, 3.8) is 0 Å². The molecule has 0 heterocycles. The Balaban J connectivity index is 1.69. The molecule has 0 spiro atoms. The van der Waals surface area contributed by atoms with Crippen molar-refractivity contribution < 1.29 is 19.4 Å². The van der Waals surface area contributed by atoms with Gasteiger partial charge in [0, 0.05) is 26.9 Å². The van der Waals surface area contributed by atoms with Gasteiger partial charge in [0.2, 0.25) is 0 Å². The van der Waals surface area contributed by atoms with Crippen LogP contribution in [0.15, 0.2) is 84.4 Å². The predicted octanol–water partition coefficient (Wildman–Crippen LogP) is 6.97. The Kier molecular flexibility index (Phi) is 7.55. The van der Waals surface area contributed by atoms with Crippen LogP contribution in [0.5, 0.6) is 5.75 Å². The highest BCUT2D eigenvalue weighted by atomic mass is 35.5. The van der Waals surface area contributed by atoms with Crippen LogP contribution in [0.3, 0.4) is 0 Å². The van der Waals surface area contributed by atoms with Crippen LogP contribution in [0.4, 0.5) is 5.69 Å². The molecule has 6 nitrogen and oxygen atoms in total. The molecule has 0 aliphatic heterocycles. The number of carboxylic acid groups (broad SMARTS) is 1. The highest BCUT2D eigenvalue weighted by molar-refractivity contribution is 6.35. The van der Waals surface area contributed by atoms with Crippen molar-refractivity contribution in [1.29, 1.82) is 5.26 Å². The van der Waals surface area contributed by atoms with E-state index in [0.29, 0.717) is 21.4 Å². The van der Waals surface area contributed by atoms with Gasteiger partial charge in [0.15, 0.2) is 0 Å². The number of carbonyl (C=O) groups excluding carboxylic acids is 1. The summed E-state index contributed by atoms with van der Waals surface area (Å²) >= 11 is 12.3. The standard InChI is InChI=1S/C28H18Cl2N2O4/c29-21-10-8-19(25(30)14-21)16-36-26-11-9-17-4-1-2-7-23(17)24(26)13-20(15-31)27(33)32-22-6-3-5-18(12-22)28(34)35/h1-14H,16H2,(H,32,33)(H,34,35)/b20-13-. The number of ether oxygens (including phenoxy) is 1. The number of rotatable bonds is 7. The van der Waals surface area contributed by atoms with E-state index in [1.54, 1.807) is 30.3 Å². The molecule has 0 radical (unpaired) electrons. The Labute approximate surface area is 217 Å². The van der Waals surface area contributed by atoms with Gasteiger partial charge in [-0.25, -0.2) is 4.79 Å². The summed E-state index contributed by atoms with van der Waals surface area (Å²) in [6, 6.07) is 24.0. The molecular weight excluding hydrogens is 499 g/mol. The van der Waals surface area contributed by atoms with Gasteiger partial charge in [-0.15, -0.1) is 0 Å². The number of anilines is 1. The first-order chi connectivity index (χ1) is 17.4. The van der Waals surface area contributed by atoms with Crippen molar-refractivity contribution in [1.82, 2.24) is 0 Å². The third-order valence-corrected chi connectivity index (χ3v) is 5.94. The first kappa shape index (κ1) is 24.8. The van der Waals surface area contributed by atoms with Crippen LogP contribution in [0.1, 0.15) is 21.5 Å². The highest BCUT2D eigenvalue weighted by Crippen LogP contribution is 2.32. The van der Waals surface area contributed by atoms with Crippen LogP contribution < -0.4 is 10.1 Å². The summed E-state index contributed by atoms with van der Waals surface area (Å²) in [4.78, 5) is 24.1. The highest BCUT2D eigenvalue weighted by Gasteiger charge is 2.15. The molecule has 2 N–H and O–H groups in total. The number of benzene rings is 4. The second-order valence-electron chi connectivity index (χ2n) is 7.73. The van der Waals surface area contributed by atoms with Gasteiger partial charge in [0.25, 0.3) is 5.91 Å². The maximum Gasteiger partial charge on any atom is 0.335 e. The third-order valence-electron chi connectivity index (χ3n) is 5.35. The van der Waals surface area contributed by atoms with Gasteiger partial charge in [0.05, 0.1) is 5.56 Å². The lowest BCUT2D eigenvalue weighted by atomic mass is 10.0. The Bertz CT molecular complexity index is 1560. The Hall–Kier alpha value is -4.31. The van der Waals surface area contributed by atoms with Gasteiger partial charge >= 0.3 is 5.97 Å². The summed E-state index contributed by atoms with van der Waals surface area (Å²) in [5.74, 6) is -1.35. The van der Waals surface area contributed by atoms with Crippen molar-refractivity contribution in [3.05, 3.63) is 111 Å².